The van der Waals surface area contributed by atoms with Crippen LogP contribution in [0.4, 0.5) is 0 Å². The maximum Gasteiger partial charge on any atom is 0.185 e. The van der Waals surface area contributed by atoms with E-state index < -0.39 is 0 Å². The maximum atomic E-state index is 12.2. The molecule has 0 unspecified atom stereocenters. The summed E-state index contributed by atoms with van der Waals surface area (Å²) in [6.45, 7) is 2.01. The second kappa shape index (κ2) is 5.71. The van der Waals surface area contributed by atoms with E-state index in [9.17, 15) is 4.79 Å². The van der Waals surface area contributed by atoms with E-state index in [-0.39, 0.29) is 5.78 Å². The zero-order chi connectivity index (χ0) is 14.7. The number of rotatable bonds is 3. The molecule has 0 amide bonds. The van der Waals surface area contributed by atoms with Crippen LogP contribution in [0.15, 0.2) is 66.9 Å². The molecular formula is C19H15NO. The van der Waals surface area contributed by atoms with E-state index in [1.165, 1.54) is 0 Å². The largest absolute Gasteiger partial charge is 0.289 e. The normalized spacial score (nSPS) is 11.1. The summed E-state index contributed by atoms with van der Waals surface area (Å²) in [7, 11) is 0. The molecule has 0 aliphatic carbocycles. The van der Waals surface area contributed by atoms with Crippen molar-refractivity contribution in [3.63, 3.8) is 0 Å². The zero-order valence-electron chi connectivity index (χ0n) is 11.8. The minimum Gasteiger partial charge on any atom is -0.289 e. The van der Waals surface area contributed by atoms with E-state index in [0.717, 1.165) is 22.0 Å². The average molecular weight is 273 g/mol. The summed E-state index contributed by atoms with van der Waals surface area (Å²) in [6, 6.07) is 17.5. The molecule has 0 N–H and O–H groups in total. The summed E-state index contributed by atoms with van der Waals surface area (Å²) in [4.78, 5) is 16.5. The number of allylic oxidation sites excluding steroid dienone is 1. The molecule has 0 radical (unpaired) electrons. The van der Waals surface area contributed by atoms with E-state index >= 15 is 0 Å². The smallest absolute Gasteiger partial charge is 0.185 e. The highest BCUT2D eigenvalue weighted by atomic mass is 16.1. The number of aryl methyl sites for hydroxylation is 1. The first kappa shape index (κ1) is 13.3. The van der Waals surface area contributed by atoms with Crippen molar-refractivity contribution >= 4 is 22.8 Å². The van der Waals surface area contributed by atoms with Crippen LogP contribution in [0.5, 0.6) is 0 Å². The van der Waals surface area contributed by atoms with Crippen LogP contribution in [-0.2, 0) is 0 Å². The predicted octanol–water partition coefficient (Wildman–Crippen LogP) is 4.44. The van der Waals surface area contributed by atoms with Crippen LogP contribution < -0.4 is 0 Å². The van der Waals surface area contributed by atoms with Crippen molar-refractivity contribution in [1.82, 2.24) is 4.98 Å². The highest BCUT2D eigenvalue weighted by molar-refractivity contribution is 6.07. The van der Waals surface area contributed by atoms with Gasteiger partial charge < -0.3 is 0 Å². The molecule has 2 heteroatoms. The van der Waals surface area contributed by atoms with Crippen LogP contribution >= 0.6 is 0 Å². The number of carbonyl (C=O) groups excluding carboxylic acids is 1. The van der Waals surface area contributed by atoms with Crippen LogP contribution in [0.2, 0.25) is 0 Å². The SMILES string of the molecule is Cc1ccc(C(=O)/C=C/c2cccc3cccnc23)cc1. The van der Waals surface area contributed by atoms with Crippen molar-refractivity contribution in [3.8, 4) is 0 Å². The number of nitrogens with zero attached hydrogens (tertiary/aromatic N) is 1. The number of hydrogen-bond acceptors (Lipinski definition) is 2. The number of aromatic nitrogens is 1. The van der Waals surface area contributed by atoms with Crippen LogP contribution in [0.25, 0.3) is 17.0 Å². The first-order valence-corrected chi connectivity index (χ1v) is 6.87. The van der Waals surface area contributed by atoms with E-state index in [1.807, 2.05) is 67.6 Å². The Bertz CT molecular complexity index is 811. The van der Waals surface area contributed by atoms with E-state index in [0.29, 0.717) is 5.56 Å². The molecule has 0 spiro atoms. The van der Waals surface area contributed by atoms with E-state index in [2.05, 4.69) is 4.98 Å². The quantitative estimate of drug-likeness (QED) is 0.521. The minimum absolute atomic E-state index is 0.00272. The van der Waals surface area contributed by atoms with Gasteiger partial charge in [0.1, 0.15) is 0 Å². The Labute approximate surface area is 123 Å². The molecule has 3 rings (SSSR count). The Hall–Kier alpha value is -2.74. The van der Waals surface area contributed by atoms with Crippen molar-refractivity contribution in [1.29, 1.82) is 0 Å². The lowest BCUT2D eigenvalue weighted by atomic mass is 10.1. The molecule has 2 nitrogen and oxygen atoms in total. The van der Waals surface area contributed by atoms with Gasteiger partial charge in [-0.1, -0.05) is 54.1 Å². The summed E-state index contributed by atoms with van der Waals surface area (Å²) < 4.78 is 0. The highest BCUT2D eigenvalue weighted by Gasteiger charge is 2.02. The lowest BCUT2D eigenvalue weighted by molar-refractivity contribution is 0.104. The van der Waals surface area contributed by atoms with E-state index in [1.54, 1.807) is 12.3 Å². The number of fused-ring (bicyclic) bond motifs is 1. The van der Waals surface area contributed by atoms with Gasteiger partial charge in [-0.2, -0.15) is 0 Å². The van der Waals surface area contributed by atoms with Gasteiger partial charge in [-0.15, -0.1) is 0 Å². The Morgan fingerprint density at radius 1 is 1.00 bits per heavy atom. The Morgan fingerprint density at radius 2 is 1.76 bits per heavy atom. The van der Waals surface area contributed by atoms with Crippen LogP contribution in [0, 0.1) is 6.92 Å². The third-order valence-electron chi connectivity index (χ3n) is 3.41. The molecular weight excluding hydrogens is 258 g/mol. The second-order valence-electron chi connectivity index (χ2n) is 4.99. The standard InChI is InChI=1S/C19H15NO/c1-14-7-9-15(10-8-14)18(21)12-11-17-5-2-4-16-6-3-13-20-19(16)17/h2-13H,1H3/b12-11+. The molecule has 1 aromatic heterocycles. The summed E-state index contributed by atoms with van der Waals surface area (Å²) in [5, 5.41) is 1.07. The van der Waals surface area contributed by atoms with Crippen LogP contribution in [0.3, 0.4) is 0 Å². The van der Waals surface area contributed by atoms with Gasteiger partial charge in [-0.3, -0.25) is 9.78 Å². The van der Waals surface area contributed by atoms with Gasteiger partial charge in [0.2, 0.25) is 0 Å². The topological polar surface area (TPSA) is 30.0 Å². The summed E-state index contributed by atoms with van der Waals surface area (Å²) in [6.07, 6.45) is 5.20. The number of ketones is 1. The number of hydrogen-bond donors (Lipinski definition) is 0. The molecule has 0 aliphatic heterocycles. The molecule has 0 atom stereocenters. The van der Waals surface area contributed by atoms with Gasteiger partial charge in [0.25, 0.3) is 0 Å². The molecule has 2 aromatic carbocycles. The van der Waals surface area contributed by atoms with Crippen LogP contribution in [0.1, 0.15) is 21.5 Å². The summed E-state index contributed by atoms with van der Waals surface area (Å²) in [5.41, 5.74) is 3.71. The summed E-state index contributed by atoms with van der Waals surface area (Å²) in [5.74, 6) is 0.00272. The molecule has 1 heterocycles. The first-order chi connectivity index (χ1) is 10.2. The molecule has 0 saturated heterocycles. The lowest BCUT2D eigenvalue weighted by Gasteiger charge is -2.01. The van der Waals surface area contributed by atoms with Gasteiger partial charge in [-0.05, 0) is 25.1 Å². The minimum atomic E-state index is 0.00272. The average Bonchev–Trinajstić information content (AvgIpc) is 2.53. The molecule has 3 aromatic rings. The van der Waals surface area contributed by atoms with Crippen molar-refractivity contribution in [2.45, 2.75) is 6.92 Å². The molecule has 0 saturated carbocycles. The third-order valence-corrected chi connectivity index (χ3v) is 3.41. The fourth-order valence-corrected chi connectivity index (χ4v) is 2.24. The van der Waals surface area contributed by atoms with Gasteiger partial charge in [0, 0.05) is 22.7 Å². The zero-order valence-corrected chi connectivity index (χ0v) is 11.8. The molecule has 21 heavy (non-hydrogen) atoms. The van der Waals surface area contributed by atoms with Crippen molar-refractivity contribution in [3.05, 3.63) is 83.6 Å². The highest BCUT2D eigenvalue weighted by Crippen LogP contribution is 2.17. The monoisotopic (exact) mass is 273 g/mol. The number of carbonyl (C=O) groups is 1. The summed E-state index contributed by atoms with van der Waals surface area (Å²) >= 11 is 0. The maximum absolute atomic E-state index is 12.2. The fraction of sp³-hybridized carbons (Fsp3) is 0.0526. The van der Waals surface area contributed by atoms with Gasteiger partial charge in [0.15, 0.2) is 5.78 Å². The fourth-order valence-electron chi connectivity index (χ4n) is 2.24. The molecule has 0 bridgehead atoms. The number of para-hydroxylation sites is 1. The second-order valence-corrected chi connectivity index (χ2v) is 4.99. The Kier molecular flexibility index (Phi) is 3.61. The van der Waals surface area contributed by atoms with Gasteiger partial charge >= 0.3 is 0 Å². The number of benzene rings is 2. The molecule has 0 fully saturated rings. The predicted molar refractivity (Wildman–Crippen MR) is 86.3 cm³/mol. The molecule has 102 valence electrons. The third kappa shape index (κ3) is 2.90. The number of pyridine rings is 1. The Morgan fingerprint density at radius 3 is 2.57 bits per heavy atom. The van der Waals surface area contributed by atoms with Gasteiger partial charge in [0.05, 0.1) is 5.52 Å². The van der Waals surface area contributed by atoms with Crippen molar-refractivity contribution in [2.75, 3.05) is 0 Å². The van der Waals surface area contributed by atoms with Gasteiger partial charge in [-0.25, -0.2) is 0 Å². The van der Waals surface area contributed by atoms with Crippen LogP contribution in [-0.4, -0.2) is 10.8 Å². The van der Waals surface area contributed by atoms with Crippen molar-refractivity contribution < 1.29 is 4.79 Å². The first-order valence-electron chi connectivity index (χ1n) is 6.87. The molecule has 0 aliphatic rings. The van der Waals surface area contributed by atoms with E-state index in [4.69, 9.17) is 0 Å². The Balaban J connectivity index is 1.91. The van der Waals surface area contributed by atoms with Crippen molar-refractivity contribution in [2.24, 2.45) is 0 Å². The lowest BCUT2D eigenvalue weighted by Crippen LogP contribution is -1.93.